The molecule has 0 saturated carbocycles. The highest BCUT2D eigenvalue weighted by Crippen LogP contribution is 2.26. The lowest BCUT2D eigenvalue weighted by molar-refractivity contribution is 0.197. The highest BCUT2D eigenvalue weighted by atomic mass is 16.5. The molecule has 0 amide bonds. The summed E-state index contributed by atoms with van der Waals surface area (Å²) in [5.41, 5.74) is 3.36. The third kappa shape index (κ3) is 3.54. The molecule has 0 aliphatic rings. The van der Waals surface area contributed by atoms with Gasteiger partial charge in [0.25, 0.3) is 0 Å². The van der Waals surface area contributed by atoms with Crippen molar-refractivity contribution >= 4 is 0 Å². The van der Waals surface area contributed by atoms with E-state index in [2.05, 4.69) is 12.1 Å². The van der Waals surface area contributed by atoms with Gasteiger partial charge in [-0.05, 0) is 47.4 Å². The molecule has 0 spiro atoms. The Hall–Kier alpha value is -2.58. The standard InChI is InChI=1S/C20H17O2/c21-15-14-16-6-8-17(9-7-16)18-10-12-20(13-11-18)22-19-4-2-1-3-5-19/h1-13H,14-15H2. The van der Waals surface area contributed by atoms with Gasteiger partial charge in [-0.1, -0.05) is 54.6 Å². The Kier molecular flexibility index (Phi) is 4.52. The monoisotopic (exact) mass is 289 g/mol. The van der Waals surface area contributed by atoms with Gasteiger partial charge in [0.05, 0.1) is 6.61 Å². The number of hydrogen-bond acceptors (Lipinski definition) is 1. The zero-order chi connectivity index (χ0) is 15.2. The van der Waals surface area contributed by atoms with Crippen molar-refractivity contribution in [1.82, 2.24) is 0 Å². The first-order valence-electron chi connectivity index (χ1n) is 7.35. The molecule has 0 atom stereocenters. The van der Waals surface area contributed by atoms with Gasteiger partial charge in [0, 0.05) is 0 Å². The fraction of sp³-hybridized carbons (Fsp3) is 0.100. The molecule has 2 nitrogen and oxygen atoms in total. The Labute approximate surface area is 130 Å². The Morgan fingerprint density at radius 2 is 1.18 bits per heavy atom. The number of ether oxygens (including phenoxy) is 1. The zero-order valence-electron chi connectivity index (χ0n) is 12.2. The van der Waals surface area contributed by atoms with Gasteiger partial charge in [0.1, 0.15) is 11.5 Å². The van der Waals surface area contributed by atoms with Crippen molar-refractivity contribution in [3.8, 4) is 22.6 Å². The SMILES string of the molecule is [O]CCc1ccc(-c2ccc(Oc3ccccc3)cc2)cc1. The summed E-state index contributed by atoms with van der Waals surface area (Å²) in [6, 6.07) is 25.9. The van der Waals surface area contributed by atoms with E-state index in [0.29, 0.717) is 6.42 Å². The van der Waals surface area contributed by atoms with E-state index in [1.807, 2.05) is 66.7 Å². The predicted octanol–water partition coefficient (Wildman–Crippen LogP) is 5.12. The normalized spacial score (nSPS) is 10.4. The summed E-state index contributed by atoms with van der Waals surface area (Å²) in [6.45, 7) is -0.0646. The van der Waals surface area contributed by atoms with E-state index in [-0.39, 0.29) is 6.61 Å². The van der Waals surface area contributed by atoms with Crippen LogP contribution in [-0.2, 0) is 11.5 Å². The quantitative estimate of drug-likeness (QED) is 0.641. The van der Waals surface area contributed by atoms with Gasteiger partial charge < -0.3 is 4.74 Å². The molecule has 0 N–H and O–H groups in total. The van der Waals surface area contributed by atoms with Crippen molar-refractivity contribution in [2.45, 2.75) is 6.42 Å². The smallest absolute Gasteiger partial charge is 0.127 e. The average Bonchev–Trinajstić information content (AvgIpc) is 2.58. The van der Waals surface area contributed by atoms with E-state index in [1.54, 1.807) is 0 Å². The van der Waals surface area contributed by atoms with Gasteiger partial charge in [-0.15, -0.1) is 0 Å². The van der Waals surface area contributed by atoms with E-state index in [0.717, 1.165) is 28.2 Å². The Balaban J connectivity index is 1.73. The van der Waals surface area contributed by atoms with Crippen molar-refractivity contribution in [1.29, 1.82) is 0 Å². The van der Waals surface area contributed by atoms with Crippen LogP contribution in [0.3, 0.4) is 0 Å². The highest BCUT2D eigenvalue weighted by Gasteiger charge is 2.01. The molecule has 0 bridgehead atoms. The van der Waals surface area contributed by atoms with Crippen LogP contribution in [-0.4, -0.2) is 6.61 Å². The predicted molar refractivity (Wildman–Crippen MR) is 87.7 cm³/mol. The molecule has 22 heavy (non-hydrogen) atoms. The van der Waals surface area contributed by atoms with Gasteiger partial charge in [-0.3, -0.25) is 0 Å². The summed E-state index contributed by atoms with van der Waals surface area (Å²) in [5, 5.41) is 10.6. The molecular weight excluding hydrogens is 272 g/mol. The minimum atomic E-state index is -0.0646. The lowest BCUT2D eigenvalue weighted by Crippen LogP contribution is -1.89. The van der Waals surface area contributed by atoms with Crippen LogP contribution in [0, 0.1) is 0 Å². The lowest BCUT2D eigenvalue weighted by Gasteiger charge is -2.07. The Morgan fingerprint density at radius 3 is 1.77 bits per heavy atom. The molecule has 1 radical (unpaired) electrons. The van der Waals surface area contributed by atoms with Crippen LogP contribution in [0.1, 0.15) is 5.56 Å². The molecule has 0 saturated heterocycles. The third-order valence-electron chi connectivity index (χ3n) is 3.51. The summed E-state index contributed by atoms with van der Waals surface area (Å²) in [4.78, 5) is 0. The van der Waals surface area contributed by atoms with Crippen molar-refractivity contribution < 1.29 is 9.84 Å². The third-order valence-corrected chi connectivity index (χ3v) is 3.51. The van der Waals surface area contributed by atoms with Crippen LogP contribution in [0.5, 0.6) is 11.5 Å². The molecule has 109 valence electrons. The first-order chi connectivity index (χ1) is 10.8. The largest absolute Gasteiger partial charge is 0.457 e. The molecule has 3 aromatic rings. The van der Waals surface area contributed by atoms with Crippen molar-refractivity contribution in [3.05, 3.63) is 84.4 Å². The highest BCUT2D eigenvalue weighted by molar-refractivity contribution is 5.64. The Bertz CT molecular complexity index is 701. The van der Waals surface area contributed by atoms with Crippen LogP contribution in [0.4, 0.5) is 0 Å². The second-order valence-electron chi connectivity index (χ2n) is 5.09. The van der Waals surface area contributed by atoms with E-state index < -0.39 is 0 Å². The summed E-state index contributed by atoms with van der Waals surface area (Å²) >= 11 is 0. The van der Waals surface area contributed by atoms with Gasteiger partial charge in [0.2, 0.25) is 0 Å². The van der Waals surface area contributed by atoms with E-state index in [9.17, 15) is 5.11 Å². The molecule has 0 fully saturated rings. The van der Waals surface area contributed by atoms with Crippen molar-refractivity contribution in [2.75, 3.05) is 6.61 Å². The van der Waals surface area contributed by atoms with Crippen LogP contribution < -0.4 is 4.74 Å². The van der Waals surface area contributed by atoms with E-state index in [1.165, 1.54) is 0 Å². The maximum Gasteiger partial charge on any atom is 0.127 e. The van der Waals surface area contributed by atoms with Gasteiger partial charge >= 0.3 is 0 Å². The minimum Gasteiger partial charge on any atom is -0.457 e. The minimum absolute atomic E-state index is 0.0646. The molecule has 3 rings (SSSR count). The fourth-order valence-corrected chi connectivity index (χ4v) is 2.32. The molecule has 0 unspecified atom stereocenters. The van der Waals surface area contributed by atoms with Crippen LogP contribution >= 0.6 is 0 Å². The molecule has 2 heteroatoms. The van der Waals surface area contributed by atoms with E-state index >= 15 is 0 Å². The topological polar surface area (TPSA) is 29.1 Å². The van der Waals surface area contributed by atoms with Crippen LogP contribution in [0.2, 0.25) is 0 Å². The maximum absolute atomic E-state index is 10.6. The van der Waals surface area contributed by atoms with Gasteiger partial charge in [0.15, 0.2) is 0 Å². The van der Waals surface area contributed by atoms with Gasteiger partial charge in [-0.2, -0.15) is 0 Å². The first-order valence-corrected chi connectivity index (χ1v) is 7.35. The lowest BCUT2D eigenvalue weighted by atomic mass is 10.0. The second-order valence-corrected chi connectivity index (χ2v) is 5.09. The second kappa shape index (κ2) is 6.92. The molecular formula is C20H17O2. The van der Waals surface area contributed by atoms with Crippen molar-refractivity contribution in [3.63, 3.8) is 0 Å². The summed E-state index contributed by atoms with van der Waals surface area (Å²) < 4.78 is 5.79. The summed E-state index contributed by atoms with van der Waals surface area (Å²) in [6.07, 6.45) is 0.587. The van der Waals surface area contributed by atoms with Crippen LogP contribution in [0.15, 0.2) is 78.9 Å². The molecule has 3 aromatic carbocycles. The Morgan fingerprint density at radius 1 is 0.636 bits per heavy atom. The molecule has 0 aromatic heterocycles. The summed E-state index contributed by atoms with van der Waals surface area (Å²) in [7, 11) is 0. The molecule has 0 aliphatic carbocycles. The summed E-state index contributed by atoms with van der Waals surface area (Å²) in [5.74, 6) is 1.65. The number of hydrogen-bond donors (Lipinski definition) is 0. The fourth-order valence-electron chi connectivity index (χ4n) is 2.32. The maximum atomic E-state index is 10.6. The number of para-hydroxylation sites is 1. The molecule has 0 heterocycles. The van der Waals surface area contributed by atoms with Crippen LogP contribution in [0.25, 0.3) is 11.1 Å². The van der Waals surface area contributed by atoms with Crippen molar-refractivity contribution in [2.24, 2.45) is 0 Å². The van der Waals surface area contributed by atoms with Gasteiger partial charge in [-0.25, -0.2) is 5.11 Å². The zero-order valence-corrected chi connectivity index (χ0v) is 12.2. The van der Waals surface area contributed by atoms with E-state index in [4.69, 9.17) is 4.74 Å². The molecule has 0 aliphatic heterocycles. The number of rotatable bonds is 5. The number of benzene rings is 3. The first kappa shape index (κ1) is 14.4. The average molecular weight is 289 g/mol.